The largest absolute Gasteiger partial charge is 0.469 e. The molecule has 0 aliphatic heterocycles. The van der Waals surface area contributed by atoms with E-state index in [1.807, 2.05) is 0 Å². The van der Waals surface area contributed by atoms with Crippen molar-refractivity contribution in [3.63, 3.8) is 0 Å². The molecule has 0 saturated heterocycles. The summed E-state index contributed by atoms with van der Waals surface area (Å²) in [7, 11) is 1.32. The normalized spacial score (nSPS) is 17.5. The lowest BCUT2D eigenvalue weighted by molar-refractivity contribution is -0.150. The summed E-state index contributed by atoms with van der Waals surface area (Å²) < 4.78 is 10.5. The Bertz CT molecular complexity index is 972. The predicted octanol–water partition coefficient (Wildman–Crippen LogP) is 3.33. The van der Waals surface area contributed by atoms with Crippen molar-refractivity contribution >= 4 is 17.7 Å². The van der Waals surface area contributed by atoms with E-state index >= 15 is 0 Å². The topological polar surface area (TPSA) is 69.7 Å². The first-order chi connectivity index (χ1) is 12.8. The van der Waals surface area contributed by atoms with Crippen molar-refractivity contribution in [2.75, 3.05) is 7.11 Å². The van der Waals surface area contributed by atoms with E-state index in [2.05, 4.69) is 6.58 Å². The molecule has 5 heteroatoms. The summed E-state index contributed by atoms with van der Waals surface area (Å²) in [4.78, 5) is 37.0. The number of methoxy groups -OCH3 is 1. The fourth-order valence-corrected chi connectivity index (χ4v) is 3.30. The van der Waals surface area contributed by atoms with Crippen molar-refractivity contribution in [3.8, 4) is 0 Å². The number of esters is 2. The molecule has 2 aromatic carbocycles. The Morgan fingerprint density at radius 1 is 1.07 bits per heavy atom. The SMILES string of the molecule is C=C(C)C(=O)OC1(C)c2ccccc2C(=O)c2ccc(CC(=O)OC)cc21. The van der Waals surface area contributed by atoms with Gasteiger partial charge in [0.25, 0.3) is 0 Å². The summed E-state index contributed by atoms with van der Waals surface area (Å²) in [6.07, 6.45) is 0.0597. The van der Waals surface area contributed by atoms with Crippen LogP contribution in [0.1, 0.15) is 46.5 Å². The molecule has 0 aromatic heterocycles. The van der Waals surface area contributed by atoms with Gasteiger partial charge in [-0.25, -0.2) is 4.79 Å². The van der Waals surface area contributed by atoms with Crippen LogP contribution in [-0.2, 0) is 31.1 Å². The molecule has 0 heterocycles. The molecule has 1 aliphatic rings. The summed E-state index contributed by atoms with van der Waals surface area (Å²) in [6.45, 7) is 6.96. The van der Waals surface area contributed by atoms with Crippen LogP contribution in [0.5, 0.6) is 0 Å². The first-order valence-electron chi connectivity index (χ1n) is 8.51. The van der Waals surface area contributed by atoms with Gasteiger partial charge in [0.2, 0.25) is 0 Å². The Morgan fingerprint density at radius 2 is 1.74 bits per heavy atom. The third kappa shape index (κ3) is 3.16. The smallest absolute Gasteiger partial charge is 0.334 e. The van der Waals surface area contributed by atoms with E-state index in [1.165, 1.54) is 7.11 Å². The highest BCUT2D eigenvalue weighted by molar-refractivity contribution is 6.13. The Labute approximate surface area is 157 Å². The molecule has 0 saturated carbocycles. The van der Waals surface area contributed by atoms with Crippen LogP contribution < -0.4 is 0 Å². The van der Waals surface area contributed by atoms with Crippen LogP contribution in [0.2, 0.25) is 0 Å². The highest BCUT2D eigenvalue weighted by Gasteiger charge is 2.43. The molecule has 1 atom stereocenters. The Balaban J connectivity index is 2.20. The molecule has 0 amide bonds. The number of benzene rings is 2. The van der Waals surface area contributed by atoms with E-state index < -0.39 is 17.5 Å². The van der Waals surface area contributed by atoms with E-state index in [0.717, 1.165) is 0 Å². The molecule has 0 radical (unpaired) electrons. The minimum atomic E-state index is -1.18. The second kappa shape index (κ2) is 6.83. The Morgan fingerprint density at radius 3 is 2.41 bits per heavy atom. The van der Waals surface area contributed by atoms with Gasteiger partial charge in [0, 0.05) is 27.8 Å². The summed E-state index contributed by atoms with van der Waals surface area (Å²) >= 11 is 0. The molecule has 0 fully saturated rings. The van der Waals surface area contributed by atoms with Gasteiger partial charge in [-0.3, -0.25) is 9.59 Å². The second-order valence-corrected chi connectivity index (χ2v) is 6.71. The molecule has 5 nitrogen and oxygen atoms in total. The number of hydrogen-bond donors (Lipinski definition) is 0. The zero-order chi connectivity index (χ0) is 19.8. The number of hydrogen-bond acceptors (Lipinski definition) is 5. The molecular formula is C22H20O5. The van der Waals surface area contributed by atoms with Crippen molar-refractivity contribution in [2.24, 2.45) is 0 Å². The number of carbonyl (C=O) groups is 3. The summed E-state index contributed by atoms with van der Waals surface area (Å²) in [5, 5.41) is 0. The predicted molar refractivity (Wildman–Crippen MR) is 99.4 cm³/mol. The van der Waals surface area contributed by atoms with Crippen LogP contribution in [-0.4, -0.2) is 24.8 Å². The highest BCUT2D eigenvalue weighted by atomic mass is 16.6. The van der Waals surface area contributed by atoms with Gasteiger partial charge in [-0.1, -0.05) is 49.0 Å². The maximum Gasteiger partial charge on any atom is 0.334 e. The van der Waals surface area contributed by atoms with Crippen molar-refractivity contribution in [1.29, 1.82) is 0 Å². The van der Waals surface area contributed by atoms with Crippen LogP contribution in [0.15, 0.2) is 54.6 Å². The molecule has 138 valence electrons. The Hall–Kier alpha value is -3.21. The highest BCUT2D eigenvalue weighted by Crippen LogP contribution is 2.43. The average Bonchev–Trinajstić information content (AvgIpc) is 2.66. The fourth-order valence-electron chi connectivity index (χ4n) is 3.30. The standard InChI is InChI=1S/C22H20O5/c1-13(2)21(25)27-22(3)17-8-6-5-7-15(17)20(24)16-10-9-14(11-18(16)22)12-19(23)26-4/h5-11H,1,12H2,2-4H3. The lowest BCUT2D eigenvalue weighted by atomic mass is 9.74. The van der Waals surface area contributed by atoms with Crippen molar-refractivity contribution in [1.82, 2.24) is 0 Å². The van der Waals surface area contributed by atoms with Crippen molar-refractivity contribution in [3.05, 3.63) is 82.4 Å². The van der Waals surface area contributed by atoms with Gasteiger partial charge in [-0.15, -0.1) is 0 Å². The van der Waals surface area contributed by atoms with Gasteiger partial charge in [-0.05, 0) is 19.4 Å². The zero-order valence-electron chi connectivity index (χ0n) is 15.5. The number of rotatable bonds is 4. The third-order valence-electron chi connectivity index (χ3n) is 4.75. The first kappa shape index (κ1) is 18.6. The summed E-state index contributed by atoms with van der Waals surface area (Å²) in [5.41, 5.74) is 1.84. The molecule has 1 aliphatic carbocycles. The number of ether oxygens (including phenoxy) is 2. The average molecular weight is 364 g/mol. The van der Waals surface area contributed by atoms with Gasteiger partial charge in [-0.2, -0.15) is 0 Å². The maximum atomic E-state index is 13.0. The zero-order valence-corrected chi connectivity index (χ0v) is 15.5. The lowest BCUT2D eigenvalue weighted by Gasteiger charge is -2.37. The second-order valence-electron chi connectivity index (χ2n) is 6.71. The number of ketones is 1. The van der Waals surface area contributed by atoms with E-state index in [0.29, 0.717) is 27.8 Å². The van der Waals surface area contributed by atoms with Crippen LogP contribution in [0.3, 0.4) is 0 Å². The van der Waals surface area contributed by atoms with Crippen molar-refractivity contribution in [2.45, 2.75) is 25.9 Å². The van der Waals surface area contributed by atoms with E-state index in [4.69, 9.17) is 9.47 Å². The minimum Gasteiger partial charge on any atom is -0.469 e. The summed E-state index contributed by atoms with van der Waals surface area (Å²) in [6, 6.07) is 12.2. The molecular weight excluding hydrogens is 344 g/mol. The van der Waals surface area contributed by atoms with Crippen LogP contribution >= 0.6 is 0 Å². The van der Waals surface area contributed by atoms with Gasteiger partial charge >= 0.3 is 11.9 Å². The maximum absolute atomic E-state index is 13.0. The molecule has 0 N–H and O–H groups in total. The minimum absolute atomic E-state index is 0.0597. The quantitative estimate of drug-likeness (QED) is 0.615. The third-order valence-corrected chi connectivity index (χ3v) is 4.75. The molecule has 2 aromatic rings. The van der Waals surface area contributed by atoms with Gasteiger partial charge in [0.1, 0.15) is 0 Å². The molecule has 0 spiro atoms. The summed E-state index contributed by atoms with van der Waals surface area (Å²) in [5.74, 6) is -1.09. The monoisotopic (exact) mass is 364 g/mol. The van der Waals surface area contributed by atoms with Crippen molar-refractivity contribution < 1.29 is 23.9 Å². The lowest BCUT2D eigenvalue weighted by Crippen LogP contribution is -2.37. The number of carbonyl (C=O) groups excluding carboxylic acids is 3. The van der Waals surface area contributed by atoms with Crippen LogP contribution in [0, 0.1) is 0 Å². The van der Waals surface area contributed by atoms with E-state index in [1.54, 1.807) is 56.3 Å². The number of fused-ring (bicyclic) bond motifs is 2. The fraction of sp³-hybridized carbons (Fsp3) is 0.227. The van der Waals surface area contributed by atoms with E-state index in [-0.39, 0.29) is 17.8 Å². The van der Waals surface area contributed by atoms with Crippen LogP contribution in [0.25, 0.3) is 0 Å². The molecule has 27 heavy (non-hydrogen) atoms. The van der Waals surface area contributed by atoms with Gasteiger partial charge in [0.05, 0.1) is 13.5 Å². The van der Waals surface area contributed by atoms with E-state index in [9.17, 15) is 14.4 Å². The Kier molecular flexibility index (Phi) is 4.70. The molecule has 0 bridgehead atoms. The van der Waals surface area contributed by atoms with Gasteiger partial charge in [0.15, 0.2) is 11.4 Å². The van der Waals surface area contributed by atoms with Crippen LogP contribution in [0.4, 0.5) is 0 Å². The van der Waals surface area contributed by atoms with Gasteiger partial charge < -0.3 is 9.47 Å². The molecule has 1 unspecified atom stereocenters. The first-order valence-corrected chi connectivity index (χ1v) is 8.51. The molecule has 3 rings (SSSR count).